The predicted molar refractivity (Wildman–Crippen MR) is 245 cm³/mol. The fraction of sp³-hybridized carbons (Fsp3) is 0.426. The summed E-state index contributed by atoms with van der Waals surface area (Å²) < 4.78 is 46.8. The average Bonchev–Trinajstić information content (AvgIpc) is 3.73. The molecule has 8 rings (SSSR count). The Balaban J connectivity index is 0.960. The van der Waals surface area contributed by atoms with Gasteiger partial charge in [-0.15, -0.1) is 0 Å². The number of methoxy groups -OCH3 is 1. The molecule has 0 atom stereocenters. The molecule has 5 aromatic rings. The molecule has 2 aromatic carbocycles. The lowest BCUT2D eigenvalue weighted by molar-refractivity contribution is -0.0671. The Bertz CT molecular complexity index is 2580. The van der Waals surface area contributed by atoms with Gasteiger partial charge in [-0.05, 0) is 110 Å². The molecule has 0 bridgehead atoms. The number of rotatable bonds is 14. The third kappa shape index (κ3) is 10.8. The van der Waals surface area contributed by atoms with Crippen LogP contribution in [0.4, 0.5) is 5.69 Å². The van der Waals surface area contributed by atoms with E-state index in [0.717, 1.165) is 87.1 Å². The number of anilines is 1. The number of hydrogen-bond donors (Lipinski definition) is 3. The quantitative estimate of drug-likeness (QED) is 0.0977. The van der Waals surface area contributed by atoms with Crippen LogP contribution in [0.5, 0.6) is 17.4 Å². The number of aromatic amines is 1. The second kappa shape index (κ2) is 18.8. The molecular formula is C47H54Cl2N6O7S. The molecule has 1 saturated heterocycles. The standard InChI is InChI=1S/C47H54Cl2N6O7S/c1-46(2)14-12-34(40(25-46)32-4-6-35(48)7-5-32)28-54-18-20-55(21-19-54)36-8-9-39(42(23-36)62-37-22-33-13-17-50-43(33)51-26-37)44(56)53-63(58,59)38-24-41(49)45(52-27-38)61-29-31-10-15-47(57,16-11-31)30-60-3/h4-9,13,17,22-24,26-27,31,57H,10-12,14-16,18-21,25,28-30H2,1-3H3,(H,50,51)(H,53,56)/t31-,47-. The van der Waals surface area contributed by atoms with Crippen LogP contribution < -0.4 is 19.1 Å². The van der Waals surface area contributed by atoms with Gasteiger partial charge in [0.25, 0.3) is 15.9 Å². The number of sulfonamides is 1. The Hall–Kier alpha value is -4.70. The number of hydrogen-bond acceptors (Lipinski definition) is 11. The normalized spacial score (nSPS) is 20.8. The lowest BCUT2D eigenvalue weighted by Crippen LogP contribution is -2.47. The van der Waals surface area contributed by atoms with Gasteiger partial charge < -0.3 is 29.2 Å². The van der Waals surface area contributed by atoms with Crippen LogP contribution in [-0.4, -0.2) is 97.9 Å². The number of H-pyrrole nitrogens is 1. The number of allylic oxidation sites excluding steroid dienone is 1. The molecule has 1 saturated carbocycles. The fourth-order valence-corrected chi connectivity index (χ4v) is 10.2. The highest BCUT2D eigenvalue weighted by atomic mass is 35.5. The summed E-state index contributed by atoms with van der Waals surface area (Å²) in [6.45, 7) is 9.35. The zero-order valence-electron chi connectivity index (χ0n) is 35.8. The third-order valence-corrected chi connectivity index (χ3v) is 14.4. The summed E-state index contributed by atoms with van der Waals surface area (Å²) in [6, 6.07) is 18.3. The van der Waals surface area contributed by atoms with Gasteiger partial charge in [-0.1, -0.05) is 54.8 Å². The topological polar surface area (TPSA) is 159 Å². The molecule has 1 amide bonds. The van der Waals surface area contributed by atoms with Gasteiger partial charge in [0.15, 0.2) is 0 Å². The highest BCUT2D eigenvalue weighted by Crippen LogP contribution is 2.44. The van der Waals surface area contributed by atoms with Crippen LogP contribution in [0.3, 0.4) is 0 Å². The van der Waals surface area contributed by atoms with E-state index in [1.165, 1.54) is 22.8 Å². The van der Waals surface area contributed by atoms with Crippen molar-refractivity contribution in [3.63, 3.8) is 0 Å². The number of nitrogens with zero attached hydrogens (tertiary/aromatic N) is 4. The number of fused-ring (bicyclic) bond motifs is 1. The van der Waals surface area contributed by atoms with E-state index >= 15 is 0 Å². The van der Waals surface area contributed by atoms with E-state index in [0.29, 0.717) is 30.8 Å². The third-order valence-electron chi connectivity index (χ3n) is 12.6. The van der Waals surface area contributed by atoms with Crippen LogP contribution in [0.2, 0.25) is 10.0 Å². The number of carbonyl (C=O) groups excluding carboxylic acids is 1. The van der Waals surface area contributed by atoms with E-state index in [1.807, 2.05) is 24.3 Å². The minimum atomic E-state index is -4.43. The summed E-state index contributed by atoms with van der Waals surface area (Å²) in [4.78, 5) is 30.0. The molecule has 2 fully saturated rings. The summed E-state index contributed by atoms with van der Waals surface area (Å²) in [5, 5.41) is 12.2. The number of benzene rings is 2. The Morgan fingerprint density at radius 1 is 0.968 bits per heavy atom. The van der Waals surface area contributed by atoms with Crippen molar-refractivity contribution in [3.05, 3.63) is 106 Å². The van der Waals surface area contributed by atoms with E-state index < -0.39 is 21.5 Å². The number of amides is 1. The molecule has 334 valence electrons. The molecule has 0 radical (unpaired) electrons. The first-order valence-corrected chi connectivity index (χ1v) is 23.7. The highest BCUT2D eigenvalue weighted by Gasteiger charge is 2.34. The van der Waals surface area contributed by atoms with E-state index in [-0.39, 0.29) is 45.1 Å². The van der Waals surface area contributed by atoms with Crippen molar-refractivity contribution in [2.24, 2.45) is 11.3 Å². The van der Waals surface area contributed by atoms with Crippen LogP contribution in [-0.2, 0) is 14.8 Å². The molecule has 2 aliphatic carbocycles. The van der Waals surface area contributed by atoms with Gasteiger partial charge in [-0.2, -0.15) is 0 Å². The molecule has 16 heteroatoms. The Labute approximate surface area is 378 Å². The van der Waals surface area contributed by atoms with Gasteiger partial charge in [0.05, 0.1) is 36.8 Å². The average molecular weight is 918 g/mol. The Morgan fingerprint density at radius 2 is 1.73 bits per heavy atom. The molecule has 3 aromatic heterocycles. The highest BCUT2D eigenvalue weighted by molar-refractivity contribution is 7.90. The van der Waals surface area contributed by atoms with Crippen LogP contribution in [0.25, 0.3) is 16.6 Å². The number of pyridine rings is 2. The fourth-order valence-electron chi connectivity index (χ4n) is 8.87. The minimum absolute atomic E-state index is 0.0143. The van der Waals surface area contributed by atoms with Crippen molar-refractivity contribution >= 4 is 61.4 Å². The first-order chi connectivity index (χ1) is 30.2. The predicted octanol–water partition coefficient (Wildman–Crippen LogP) is 8.91. The smallest absolute Gasteiger partial charge is 0.268 e. The summed E-state index contributed by atoms with van der Waals surface area (Å²) in [7, 11) is -2.86. The molecular weight excluding hydrogens is 864 g/mol. The Kier molecular flexibility index (Phi) is 13.4. The van der Waals surface area contributed by atoms with Crippen LogP contribution in [0, 0.1) is 11.3 Å². The molecule has 0 unspecified atom stereocenters. The molecule has 4 heterocycles. The maximum atomic E-state index is 13.9. The van der Waals surface area contributed by atoms with E-state index in [9.17, 15) is 18.3 Å². The SMILES string of the molecule is COC[C@]1(O)CC[C@H](COc2ncc(S(=O)(=O)NC(=O)c3ccc(N4CCN(CC5=C(c6ccc(Cl)cc6)CC(C)(C)CC5)CC4)cc3Oc3cnc4[nH]ccc4c3)cc2Cl)CC1. The first-order valence-electron chi connectivity index (χ1n) is 21.4. The number of halogens is 2. The number of aliphatic hydroxyl groups is 1. The summed E-state index contributed by atoms with van der Waals surface area (Å²) >= 11 is 12.7. The van der Waals surface area contributed by atoms with Crippen LogP contribution in [0.15, 0.2) is 89.7 Å². The Morgan fingerprint density at radius 3 is 2.46 bits per heavy atom. The second-order valence-corrected chi connectivity index (χ2v) is 20.4. The van der Waals surface area contributed by atoms with Crippen molar-refractivity contribution < 1.29 is 32.5 Å². The van der Waals surface area contributed by atoms with E-state index in [4.69, 9.17) is 37.4 Å². The first kappa shape index (κ1) is 44.9. The van der Waals surface area contributed by atoms with Gasteiger partial charge in [-0.3, -0.25) is 9.69 Å². The second-order valence-electron chi connectivity index (χ2n) is 17.9. The summed E-state index contributed by atoms with van der Waals surface area (Å²) in [5.74, 6) is -0.0861. The van der Waals surface area contributed by atoms with Gasteiger partial charge >= 0.3 is 0 Å². The maximum absolute atomic E-state index is 13.9. The summed E-state index contributed by atoms with van der Waals surface area (Å²) in [5.41, 5.74) is 5.07. The number of carbonyl (C=O) groups is 1. The minimum Gasteiger partial charge on any atom is -0.476 e. The number of aromatic nitrogens is 3. The molecule has 63 heavy (non-hydrogen) atoms. The zero-order chi connectivity index (χ0) is 44.4. The molecule has 3 N–H and O–H groups in total. The number of piperazine rings is 1. The van der Waals surface area contributed by atoms with Crippen molar-refractivity contribution in [1.82, 2.24) is 24.6 Å². The van der Waals surface area contributed by atoms with E-state index in [1.54, 1.807) is 37.7 Å². The summed E-state index contributed by atoms with van der Waals surface area (Å²) in [6.07, 6.45) is 10.3. The van der Waals surface area contributed by atoms with Gasteiger partial charge in [-0.25, -0.2) is 23.1 Å². The molecule has 13 nitrogen and oxygen atoms in total. The largest absolute Gasteiger partial charge is 0.476 e. The molecule has 3 aliphatic rings. The number of nitrogens with one attached hydrogen (secondary N) is 2. The number of ether oxygens (including phenoxy) is 3. The zero-order valence-corrected chi connectivity index (χ0v) is 38.2. The van der Waals surface area contributed by atoms with E-state index in [2.05, 4.69) is 55.5 Å². The molecule has 1 aliphatic heterocycles. The van der Waals surface area contributed by atoms with Crippen molar-refractivity contribution in [1.29, 1.82) is 0 Å². The van der Waals surface area contributed by atoms with Gasteiger partial charge in [0.2, 0.25) is 5.88 Å². The van der Waals surface area contributed by atoms with Crippen molar-refractivity contribution in [3.8, 4) is 17.4 Å². The lowest BCUT2D eigenvalue weighted by Gasteiger charge is -2.39. The lowest BCUT2D eigenvalue weighted by atomic mass is 9.72. The van der Waals surface area contributed by atoms with Crippen LogP contribution >= 0.6 is 23.2 Å². The molecule has 0 spiro atoms. The van der Waals surface area contributed by atoms with Crippen molar-refractivity contribution in [2.45, 2.75) is 69.3 Å². The maximum Gasteiger partial charge on any atom is 0.268 e. The van der Waals surface area contributed by atoms with Crippen molar-refractivity contribution in [2.75, 3.05) is 57.9 Å². The monoisotopic (exact) mass is 916 g/mol. The van der Waals surface area contributed by atoms with Gasteiger partial charge in [0.1, 0.15) is 27.1 Å². The van der Waals surface area contributed by atoms with Crippen LogP contribution in [0.1, 0.15) is 74.7 Å². The van der Waals surface area contributed by atoms with Gasteiger partial charge in [0, 0.05) is 68.2 Å².